The van der Waals surface area contributed by atoms with Crippen molar-refractivity contribution in [1.29, 1.82) is 0 Å². The van der Waals surface area contributed by atoms with Crippen LogP contribution in [0, 0.1) is 0 Å². The number of amides is 2. The number of carbonyl (C=O) groups excluding carboxylic acids is 2. The quantitative estimate of drug-likeness (QED) is 0.751. The fourth-order valence-corrected chi connectivity index (χ4v) is 2.43. The smallest absolute Gasteiger partial charge is 0.251 e. The van der Waals surface area contributed by atoms with Crippen LogP contribution in [-0.2, 0) is 4.79 Å². The van der Waals surface area contributed by atoms with Crippen LogP contribution in [0.3, 0.4) is 0 Å². The molecule has 0 aliphatic carbocycles. The normalized spacial score (nSPS) is 10.3. The number of aromatic nitrogens is 1. The van der Waals surface area contributed by atoms with Crippen LogP contribution >= 0.6 is 0 Å². The second-order valence-electron chi connectivity index (χ2n) is 5.34. The lowest BCUT2D eigenvalue weighted by atomic mass is 10.2. The van der Waals surface area contributed by atoms with Gasteiger partial charge in [-0.05, 0) is 30.3 Å². The molecule has 6 heteroatoms. The number of nitrogens with zero attached hydrogens (tertiary/aromatic N) is 1. The van der Waals surface area contributed by atoms with E-state index in [1.807, 2.05) is 24.3 Å². The molecule has 0 aliphatic rings. The Morgan fingerprint density at radius 1 is 1.08 bits per heavy atom. The lowest BCUT2D eigenvalue weighted by molar-refractivity contribution is -0.115. The predicted octanol–water partition coefficient (Wildman–Crippen LogP) is 2.61. The maximum absolute atomic E-state index is 12.1. The molecule has 0 bridgehead atoms. The van der Waals surface area contributed by atoms with E-state index in [9.17, 15) is 9.59 Å². The zero-order valence-electron chi connectivity index (χ0n) is 13.7. The second kappa shape index (κ2) is 7.44. The van der Waals surface area contributed by atoms with Crippen molar-refractivity contribution in [3.05, 3.63) is 66.4 Å². The van der Waals surface area contributed by atoms with E-state index in [-0.39, 0.29) is 18.4 Å². The summed E-state index contributed by atoms with van der Waals surface area (Å²) in [4.78, 5) is 28.5. The number of anilines is 1. The summed E-state index contributed by atoms with van der Waals surface area (Å²) in [6.07, 6.45) is 1.67. The first-order valence-electron chi connectivity index (χ1n) is 7.73. The Balaban J connectivity index is 1.63. The molecular weight excluding hydrogens is 318 g/mol. The summed E-state index contributed by atoms with van der Waals surface area (Å²) in [5.41, 5.74) is 1.75. The van der Waals surface area contributed by atoms with Crippen LogP contribution in [0.15, 0.2) is 60.8 Å². The summed E-state index contributed by atoms with van der Waals surface area (Å²) in [6.45, 7) is -0.140. The third-order valence-electron chi connectivity index (χ3n) is 3.65. The van der Waals surface area contributed by atoms with Crippen molar-refractivity contribution in [2.24, 2.45) is 0 Å². The highest BCUT2D eigenvalue weighted by atomic mass is 16.5. The molecule has 6 nitrogen and oxygen atoms in total. The fourth-order valence-electron chi connectivity index (χ4n) is 2.43. The third-order valence-corrected chi connectivity index (χ3v) is 3.65. The average molecular weight is 335 g/mol. The van der Waals surface area contributed by atoms with Gasteiger partial charge in [0.15, 0.2) is 0 Å². The minimum absolute atomic E-state index is 0.140. The third kappa shape index (κ3) is 3.92. The highest BCUT2D eigenvalue weighted by Crippen LogP contribution is 2.20. The number of hydrogen-bond donors (Lipinski definition) is 2. The van der Waals surface area contributed by atoms with Gasteiger partial charge in [-0.25, -0.2) is 0 Å². The minimum atomic E-state index is -0.343. The largest absolute Gasteiger partial charge is 0.497 e. The molecule has 3 rings (SSSR count). The van der Waals surface area contributed by atoms with Gasteiger partial charge in [-0.3, -0.25) is 14.6 Å². The molecule has 0 spiro atoms. The first-order chi connectivity index (χ1) is 12.2. The molecular formula is C19H17N3O3. The van der Waals surface area contributed by atoms with E-state index in [0.29, 0.717) is 22.5 Å². The predicted molar refractivity (Wildman–Crippen MR) is 95.7 cm³/mol. The van der Waals surface area contributed by atoms with Gasteiger partial charge in [0.25, 0.3) is 5.91 Å². The number of nitrogens with one attached hydrogen (secondary N) is 2. The highest BCUT2D eigenvalue weighted by Gasteiger charge is 2.10. The summed E-state index contributed by atoms with van der Waals surface area (Å²) in [5, 5.41) is 6.30. The minimum Gasteiger partial charge on any atom is -0.497 e. The number of carbonyl (C=O) groups is 2. The van der Waals surface area contributed by atoms with Crippen LogP contribution in [0.2, 0.25) is 0 Å². The fraction of sp³-hybridized carbons (Fsp3) is 0.105. The van der Waals surface area contributed by atoms with Gasteiger partial charge in [0.05, 0.1) is 24.9 Å². The number of rotatable bonds is 5. The van der Waals surface area contributed by atoms with Gasteiger partial charge in [-0.2, -0.15) is 0 Å². The number of fused-ring (bicyclic) bond motifs is 1. The number of para-hydroxylation sites is 1. The van der Waals surface area contributed by atoms with Crippen LogP contribution in [0.25, 0.3) is 10.9 Å². The van der Waals surface area contributed by atoms with E-state index in [1.54, 1.807) is 36.5 Å². The lowest BCUT2D eigenvalue weighted by Gasteiger charge is -2.09. The van der Waals surface area contributed by atoms with Crippen LogP contribution < -0.4 is 15.4 Å². The summed E-state index contributed by atoms with van der Waals surface area (Å²) < 4.78 is 5.08. The van der Waals surface area contributed by atoms with Crippen LogP contribution in [0.5, 0.6) is 5.75 Å². The first-order valence-corrected chi connectivity index (χ1v) is 7.73. The molecule has 1 heterocycles. The lowest BCUT2D eigenvalue weighted by Crippen LogP contribution is -2.32. The van der Waals surface area contributed by atoms with E-state index >= 15 is 0 Å². The van der Waals surface area contributed by atoms with Crippen LogP contribution in [0.4, 0.5) is 5.69 Å². The Labute approximate surface area is 144 Å². The molecule has 0 atom stereocenters. The molecule has 0 fully saturated rings. The molecule has 0 unspecified atom stereocenters. The van der Waals surface area contributed by atoms with Gasteiger partial charge >= 0.3 is 0 Å². The Morgan fingerprint density at radius 2 is 1.88 bits per heavy atom. The molecule has 126 valence electrons. The Kier molecular flexibility index (Phi) is 4.89. The molecule has 0 saturated heterocycles. The van der Waals surface area contributed by atoms with E-state index in [0.717, 1.165) is 5.39 Å². The first kappa shape index (κ1) is 16.4. The summed E-state index contributed by atoms with van der Waals surface area (Å²) in [7, 11) is 1.53. The SMILES string of the molecule is COc1cccc(C(=O)NCC(=O)Nc2cccc3cccnc23)c1. The topological polar surface area (TPSA) is 80.3 Å². The molecule has 0 saturated carbocycles. The van der Waals surface area contributed by atoms with Crippen molar-refractivity contribution in [3.8, 4) is 5.75 Å². The monoisotopic (exact) mass is 335 g/mol. The van der Waals surface area contributed by atoms with Crippen LogP contribution in [-0.4, -0.2) is 30.5 Å². The average Bonchev–Trinajstić information content (AvgIpc) is 2.66. The number of pyridine rings is 1. The van der Waals surface area contributed by atoms with Gasteiger partial charge in [-0.1, -0.05) is 24.3 Å². The molecule has 2 N–H and O–H groups in total. The zero-order chi connectivity index (χ0) is 17.6. The van der Waals surface area contributed by atoms with Crippen molar-refractivity contribution in [3.63, 3.8) is 0 Å². The number of methoxy groups -OCH3 is 1. The van der Waals surface area contributed by atoms with Crippen molar-refractivity contribution in [1.82, 2.24) is 10.3 Å². The van der Waals surface area contributed by atoms with E-state index in [4.69, 9.17) is 4.74 Å². The van der Waals surface area contributed by atoms with Crippen LogP contribution in [0.1, 0.15) is 10.4 Å². The second-order valence-corrected chi connectivity index (χ2v) is 5.34. The molecule has 1 aromatic heterocycles. The molecule has 2 aromatic carbocycles. The van der Waals surface area contributed by atoms with Crippen molar-refractivity contribution >= 4 is 28.4 Å². The molecule has 2 amide bonds. The summed E-state index contributed by atoms with van der Waals surface area (Å²) in [5.74, 6) is -0.0848. The van der Waals surface area contributed by atoms with Gasteiger partial charge in [0, 0.05) is 17.1 Å². The molecule has 0 radical (unpaired) electrons. The van der Waals surface area contributed by atoms with Gasteiger partial charge in [-0.15, -0.1) is 0 Å². The maximum Gasteiger partial charge on any atom is 0.251 e. The number of hydrogen-bond acceptors (Lipinski definition) is 4. The summed E-state index contributed by atoms with van der Waals surface area (Å²) in [6, 6.07) is 16.0. The summed E-state index contributed by atoms with van der Waals surface area (Å²) >= 11 is 0. The standard InChI is InChI=1S/C19H17N3O3/c1-25-15-8-2-6-14(11-15)19(24)21-12-17(23)22-16-9-3-5-13-7-4-10-20-18(13)16/h2-11H,12H2,1H3,(H,21,24)(H,22,23). The van der Waals surface area contributed by atoms with Gasteiger partial charge in [0.2, 0.25) is 5.91 Å². The van der Waals surface area contributed by atoms with Crippen molar-refractivity contribution in [2.45, 2.75) is 0 Å². The molecule has 0 aliphatic heterocycles. The van der Waals surface area contributed by atoms with Crippen molar-refractivity contribution < 1.29 is 14.3 Å². The van der Waals surface area contributed by atoms with E-state index in [1.165, 1.54) is 7.11 Å². The Bertz CT molecular complexity index is 919. The number of ether oxygens (including phenoxy) is 1. The maximum atomic E-state index is 12.1. The van der Waals surface area contributed by atoms with E-state index in [2.05, 4.69) is 15.6 Å². The molecule has 3 aromatic rings. The Hall–Kier alpha value is -3.41. The Morgan fingerprint density at radius 3 is 2.72 bits per heavy atom. The van der Waals surface area contributed by atoms with Crippen molar-refractivity contribution in [2.75, 3.05) is 19.0 Å². The zero-order valence-corrected chi connectivity index (χ0v) is 13.7. The van der Waals surface area contributed by atoms with Gasteiger partial charge < -0.3 is 15.4 Å². The highest BCUT2D eigenvalue weighted by molar-refractivity contribution is 6.03. The number of benzene rings is 2. The van der Waals surface area contributed by atoms with E-state index < -0.39 is 0 Å². The van der Waals surface area contributed by atoms with Gasteiger partial charge in [0.1, 0.15) is 5.75 Å². The molecule has 25 heavy (non-hydrogen) atoms.